The molecule has 0 aliphatic rings. The van der Waals surface area contributed by atoms with E-state index in [1.807, 2.05) is 24.4 Å². The second-order valence-electron chi connectivity index (χ2n) is 4.47. The largest absolute Gasteiger partial charge is 0.330 e. The van der Waals surface area contributed by atoms with E-state index in [-0.39, 0.29) is 5.92 Å². The van der Waals surface area contributed by atoms with E-state index in [0.717, 1.165) is 5.02 Å². The second kappa shape index (κ2) is 5.98. The maximum Gasteiger partial charge on any atom is 0.0406 e. The van der Waals surface area contributed by atoms with Crippen LogP contribution in [0.3, 0.4) is 0 Å². The summed E-state index contributed by atoms with van der Waals surface area (Å²) in [5.74, 6) is 0.622. The maximum absolute atomic E-state index is 5.92. The molecule has 2 nitrogen and oxygen atoms in total. The Hall–Kier alpha value is -1.38. The molecule has 2 atom stereocenters. The molecular weight excluding hydrogens is 244 g/mol. The van der Waals surface area contributed by atoms with Gasteiger partial charge in [-0.05, 0) is 41.8 Å². The number of hydrogen-bond acceptors (Lipinski definition) is 2. The zero-order valence-corrected chi connectivity index (χ0v) is 11.1. The molecule has 2 unspecified atom stereocenters. The molecule has 1 heterocycles. The fourth-order valence-corrected chi connectivity index (χ4v) is 2.35. The number of nitrogens with two attached hydrogens (primary N) is 1. The molecule has 94 valence electrons. The topological polar surface area (TPSA) is 38.9 Å². The van der Waals surface area contributed by atoms with Crippen molar-refractivity contribution in [2.45, 2.75) is 18.8 Å². The van der Waals surface area contributed by atoms with Gasteiger partial charge in [-0.15, -0.1) is 0 Å². The van der Waals surface area contributed by atoms with E-state index in [1.165, 1.54) is 11.1 Å². The van der Waals surface area contributed by atoms with E-state index < -0.39 is 0 Å². The van der Waals surface area contributed by atoms with E-state index in [1.54, 1.807) is 6.20 Å². The number of hydrogen-bond donors (Lipinski definition) is 1. The van der Waals surface area contributed by atoms with E-state index in [4.69, 9.17) is 17.3 Å². The first-order valence-corrected chi connectivity index (χ1v) is 6.45. The highest BCUT2D eigenvalue weighted by Crippen LogP contribution is 2.31. The highest BCUT2D eigenvalue weighted by atomic mass is 35.5. The van der Waals surface area contributed by atoms with Crippen molar-refractivity contribution in [1.82, 2.24) is 4.98 Å². The van der Waals surface area contributed by atoms with Crippen LogP contribution in [0.1, 0.15) is 29.9 Å². The third-order valence-corrected chi connectivity index (χ3v) is 3.62. The van der Waals surface area contributed by atoms with Crippen molar-refractivity contribution in [3.8, 4) is 0 Å². The molecule has 0 bridgehead atoms. The summed E-state index contributed by atoms with van der Waals surface area (Å²) in [6.45, 7) is 2.79. The molecule has 0 aliphatic heterocycles. The molecule has 0 saturated heterocycles. The lowest BCUT2D eigenvalue weighted by molar-refractivity contribution is 0.583. The zero-order chi connectivity index (χ0) is 13.0. The Labute approximate surface area is 113 Å². The van der Waals surface area contributed by atoms with Gasteiger partial charge in [-0.25, -0.2) is 0 Å². The first-order valence-electron chi connectivity index (χ1n) is 6.08. The van der Waals surface area contributed by atoms with Crippen LogP contribution in [0.15, 0.2) is 48.8 Å². The van der Waals surface area contributed by atoms with Crippen LogP contribution in [0, 0.1) is 0 Å². The summed E-state index contributed by atoms with van der Waals surface area (Å²) in [7, 11) is 0. The number of halogens is 1. The van der Waals surface area contributed by atoms with Crippen molar-refractivity contribution in [3.05, 3.63) is 64.9 Å². The van der Waals surface area contributed by atoms with Crippen LogP contribution >= 0.6 is 11.6 Å². The molecule has 0 spiro atoms. The highest BCUT2D eigenvalue weighted by Gasteiger charge is 2.19. The Bertz CT molecular complexity index is 482. The average molecular weight is 261 g/mol. The molecule has 2 aromatic rings. The summed E-state index contributed by atoms with van der Waals surface area (Å²) < 4.78 is 0. The summed E-state index contributed by atoms with van der Waals surface area (Å²) in [5.41, 5.74) is 8.35. The summed E-state index contributed by atoms with van der Waals surface area (Å²) in [5, 5.41) is 0.761. The lowest BCUT2D eigenvalue weighted by atomic mass is 9.83. The summed E-state index contributed by atoms with van der Waals surface area (Å²) in [6, 6.07) is 12.0. The van der Waals surface area contributed by atoms with Gasteiger partial charge in [0, 0.05) is 23.3 Å². The number of aromatic nitrogens is 1. The monoisotopic (exact) mass is 260 g/mol. The third kappa shape index (κ3) is 2.89. The minimum Gasteiger partial charge on any atom is -0.330 e. The summed E-state index contributed by atoms with van der Waals surface area (Å²) in [4.78, 5) is 4.17. The normalized spacial score (nSPS) is 14.2. The van der Waals surface area contributed by atoms with Gasteiger partial charge in [0.05, 0.1) is 0 Å². The number of pyridine rings is 1. The van der Waals surface area contributed by atoms with Crippen molar-refractivity contribution >= 4 is 11.6 Å². The van der Waals surface area contributed by atoms with Gasteiger partial charge in [0.1, 0.15) is 0 Å². The molecule has 2 N–H and O–H groups in total. The number of nitrogens with zero attached hydrogens (tertiary/aromatic N) is 1. The molecule has 0 amide bonds. The zero-order valence-electron chi connectivity index (χ0n) is 10.4. The van der Waals surface area contributed by atoms with Crippen LogP contribution in [0.25, 0.3) is 0 Å². The predicted octanol–water partition coefficient (Wildman–Crippen LogP) is 3.58. The van der Waals surface area contributed by atoms with E-state index in [0.29, 0.717) is 12.5 Å². The molecule has 0 radical (unpaired) electrons. The van der Waals surface area contributed by atoms with Gasteiger partial charge in [-0.1, -0.05) is 36.7 Å². The van der Waals surface area contributed by atoms with E-state index in [9.17, 15) is 0 Å². The first kappa shape index (κ1) is 13.1. The van der Waals surface area contributed by atoms with Crippen molar-refractivity contribution in [1.29, 1.82) is 0 Å². The van der Waals surface area contributed by atoms with Crippen molar-refractivity contribution < 1.29 is 0 Å². The number of benzene rings is 1. The van der Waals surface area contributed by atoms with Crippen molar-refractivity contribution in [2.75, 3.05) is 6.54 Å². The summed E-state index contributed by atoms with van der Waals surface area (Å²) >= 11 is 5.91. The Morgan fingerprint density at radius 3 is 2.44 bits per heavy atom. The van der Waals surface area contributed by atoms with Gasteiger partial charge in [0.15, 0.2) is 0 Å². The summed E-state index contributed by atoms with van der Waals surface area (Å²) in [6.07, 6.45) is 3.67. The van der Waals surface area contributed by atoms with Crippen LogP contribution in [-0.4, -0.2) is 11.5 Å². The number of rotatable bonds is 4. The van der Waals surface area contributed by atoms with Crippen LogP contribution < -0.4 is 5.73 Å². The highest BCUT2D eigenvalue weighted by molar-refractivity contribution is 6.30. The van der Waals surface area contributed by atoms with E-state index in [2.05, 4.69) is 30.1 Å². The molecule has 0 saturated carbocycles. The fourth-order valence-electron chi connectivity index (χ4n) is 2.22. The van der Waals surface area contributed by atoms with Crippen LogP contribution in [0.5, 0.6) is 0 Å². The molecule has 0 fully saturated rings. The first-order chi connectivity index (χ1) is 8.72. The van der Waals surface area contributed by atoms with Gasteiger partial charge in [-0.3, -0.25) is 4.98 Å². The molecule has 2 rings (SSSR count). The smallest absolute Gasteiger partial charge is 0.0406 e. The van der Waals surface area contributed by atoms with Gasteiger partial charge in [-0.2, -0.15) is 0 Å². The standard InChI is InChI=1S/C15H17ClN2/c1-11(12-4-6-14(16)7-5-12)15(9-17)13-3-2-8-18-10-13/h2-8,10-11,15H,9,17H2,1H3. The Kier molecular flexibility index (Phi) is 4.34. The van der Waals surface area contributed by atoms with Gasteiger partial charge in [0.25, 0.3) is 0 Å². The van der Waals surface area contributed by atoms with Gasteiger partial charge in [0.2, 0.25) is 0 Å². The molecule has 0 aliphatic carbocycles. The minimum absolute atomic E-state index is 0.278. The molecular formula is C15H17ClN2. The fraction of sp³-hybridized carbons (Fsp3) is 0.267. The molecule has 1 aromatic heterocycles. The Balaban J connectivity index is 2.25. The minimum atomic E-state index is 0.278. The lowest BCUT2D eigenvalue weighted by Crippen LogP contribution is -2.18. The quantitative estimate of drug-likeness (QED) is 0.913. The Morgan fingerprint density at radius 2 is 1.89 bits per heavy atom. The maximum atomic E-state index is 5.92. The van der Waals surface area contributed by atoms with Crippen LogP contribution in [-0.2, 0) is 0 Å². The SMILES string of the molecule is CC(c1ccc(Cl)cc1)C(CN)c1cccnc1. The molecule has 18 heavy (non-hydrogen) atoms. The van der Waals surface area contributed by atoms with Crippen LogP contribution in [0.4, 0.5) is 0 Å². The van der Waals surface area contributed by atoms with Gasteiger partial charge < -0.3 is 5.73 Å². The molecule has 3 heteroatoms. The van der Waals surface area contributed by atoms with Crippen molar-refractivity contribution in [3.63, 3.8) is 0 Å². The Morgan fingerprint density at radius 1 is 1.17 bits per heavy atom. The second-order valence-corrected chi connectivity index (χ2v) is 4.91. The molecule has 1 aromatic carbocycles. The lowest BCUT2D eigenvalue weighted by Gasteiger charge is -2.23. The third-order valence-electron chi connectivity index (χ3n) is 3.37. The average Bonchev–Trinajstić information content (AvgIpc) is 2.41. The van der Waals surface area contributed by atoms with E-state index >= 15 is 0 Å². The van der Waals surface area contributed by atoms with Gasteiger partial charge >= 0.3 is 0 Å². The van der Waals surface area contributed by atoms with Crippen LogP contribution in [0.2, 0.25) is 5.02 Å². The van der Waals surface area contributed by atoms with Crippen molar-refractivity contribution in [2.24, 2.45) is 5.73 Å². The predicted molar refractivity (Wildman–Crippen MR) is 75.9 cm³/mol.